The molecule has 0 aliphatic carbocycles. The molecule has 1 heterocycles. The van der Waals surface area contributed by atoms with Crippen LogP contribution in [0.3, 0.4) is 0 Å². The number of nitrogens with zero attached hydrogens (tertiary/aromatic N) is 2. The van der Waals surface area contributed by atoms with Crippen molar-refractivity contribution in [2.75, 3.05) is 0 Å². The predicted octanol–water partition coefficient (Wildman–Crippen LogP) is 5.21. The van der Waals surface area contributed by atoms with Crippen molar-refractivity contribution >= 4 is 45.8 Å². The van der Waals surface area contributed by atoms with Gasteiger partial charge in [-0.05, 0) is 36.4 Å². The molecule has 0 aliphatic rings. The zero-order valence-corrected chi connectivity index (χ0v) is 12.3. The molecule has 0 saturated heterocycles. The summed E-state index contributed by atoms with van der Waals surface area (Å²) >= 11 is 17.6. The summed E-state index contributed by atoms with van der Waals surface area (Å²) in [6.07, 6.45) is 0. The summed E-state index contributed by atoms with van der Waals surface area (Å²) in [4.78, 5) is 4.41. The largest absolute Gasteiger partial charge is 0.295 e. The lowest BCUT2D eigenvalue weighted by Gasteiger charge is -2.08. The molecular formula is C14H8Cl3FN2. The van der Waals surface area contributed by atoms with E-state index in [0.717, 1.165) is 5.52 Å². The average molecular weight is 330 g/mol. The minimum Gasteiger partial charge on any atom is -0.295 e. The van der Waals surface area contributed by atoms with Crippen LogP contribution in [0.1, 0.15) is 5.82 Å². The molecule has 0 atom stereocenters. The lowest BCUT2D eigenvalue weighted by Crippen LogP contribution is -1.99. The van der Waals surface area contributed by atoms with Crippen LogP contribution in [0, 0.1) is 5.82 Å². The normalized spacial score (nSPS) is 11.2. The number of rotatable bonds is 2. The molecule has 20 heavy (non-hydrogen) atoms. The summed E-state index contributed by atoms with van der Waals surface area (Å²) in [7, 11) is 0. The Morgan fingerprint density at radius 3 is 2.60 bits per heavy atom. The zero-order chi connectivity index (χ0) is 14.3. The van der Waals surface area contributed by atoms with Crippen molar-refractivity contribution in [2.24, 2.45) is 0 Å². The highest BCUT2D eigenvalue weighted by Crippen LogP contribution is 2.27. The van der Waals surface area contributed by atoms with E-state index in [9.17, 15) is 4.39 Å². The average Bonchev–Trinajstić information content (AvgIpc) is 2.79. The Labute approximate surface area is 129 Å². The van der Waals surface area contributed by atoms with Crippen molar-refractivity contribution in [3.8, 4) is 5.69 Å². The first-order valence-electron chi connectivity index (χ1n) is 5.78. The highest BCUT2D eigenvalue weighted by Gasteiger charge is 2.13. The number of imidazole rings is 1. The van der Waals surface area contributed by atoms with Gasteiger partial charge in [-0.2, -0.15) is 0 Å². The van der Waals surface area contributed by atoms with E-state index in [1.165, 1.54) is 12.1 Å². The van der Waals surface area contributed by atoms with E-state index in [1.807, 2.05) is 6.07 Å². The molecule has 0 amide bonds. The highest BCUT2D eigenvalue weighted by molar-refractivity contribution is 6.31. The predicted molar refractivity (Wildman–Crippen MR) is 80.6 cm³/mol. The van der Waals surface area contributed by atoms with Crippen LogP contribution in [0.4, 0.5) is 4.39 Å². The second-order valence-corrected chi connectivity index (χ2v) is 5.34. The van der Waals surface area contributed by atoms with Crippen molar-refractivity contribution in [3.63, 3.8) is 0 Å². The van der Waals surface area contributed by atoms with Gasteiger partial charge in [-0.25, -0.2) is 9.37 Å². The van der Waals surface area contributed by atoms with Crippen LogP contribution in [0.25, 0.3) is 16.7 Å². The Morgan fingerprint density at radius 2 is 1.90 bits per heavy atom. The van der Waals surface area contributed by atoms with Crippen molar-refractivity contribution in [1.82, 2.24) is 9.55 Å². The Kier molecular flexibility index (Phi) is 3.59. The van der Waals surface area contributed by atoms with Gasteiger partial charge in [0.2, 0.25) is 0 Å². The number of aromatic nitrogens is 2. The van der Waals surface area contributed by atoms with E-state index in [-0.39, 0.29) is 10.9 Å². The van der Waals surface area contributed by atoms with E-state index >= 15 is 0 Å². The van der Waals surface area contributed by atoms with Crippen LogP contribution < -0.4 is 0 Å². The Bertz CT molecular complexity index is 798. The van der Waals surface area contributed by atoms with Crippen molar-refractivity contribution < 1.29 is 4.39 Å². The third-order valence-electron chi connectivity index (χ3n) is 2.97. The topological polar surface area (TPSA) is 17.8 Å². The second-order valence-electron chi connectivity index (χ2n) is 4.23. The van der Waals surface area contributed by atoms with Gasteiger partial charge in [0.15, 0.2) is 0 Å². The molecule has 0 saturated carbocycles. The Balaban J connectivity index is 2.30. The summed E-state index contributed by atoms with van der Waals surface area (Å²) in [6.45, 7) is 0. The standard InChI is InChI=1S/C14H8Cl3FN2/c15-7-14-19-12-5-8(16)1-4-13(12)20(14)9-2-3-10(17)11(18)6-9/h1-6H,7H2. The summed E-state index contributed by atoms with van der Waals surface area (Å²) in [5.41, 5.74) is 2.14. The molecule has 0 radical (unpaired) electrons. The lowest BCUT2D eigenvalue weighted by molar-refractivity contribution is 0.627. The molecule has 1 aromatic heterocycles. The molecule has 0 fully saturated rings. The quantitative estimate of drug-likeness (QED) is 0.590. The van der Waals surface area contributed by atoms with Gasteiger partial charge in [0, 0.05) is 5.02 Å². The van der Waals surface area contributed by atoms with Gasteiger partial charge >= 0.3 is 0 Å². The number of halogens is 4. The minimum absolute atomic E-state index is 0.0774. The van der Waals surface area contributed by atoms with Gasteiger partial charge in [-0.1, -0.05) is 23.2 Å². The van der Waals surface area contributed by atoms with Crippen molar-refractivity contribution in [1.29, 1.82) is 0 Å². The first-order valence-corrected chi connectivity index (χ1v) is 7.07. The molecule has 3 aromatic rings. The summed E-state index contributed by atoms with van der Waals surface area (Å²) < 4.78 is 15.4. The summed E-state index contributed by atoms with van der Waals surface area (Å²) in [5, 5.41) is 0.666. The van der Waals surface area contributed by atoms with Gasteiger partial charge in [-0.15, -0.1) is 11.6 Å². The number of hydrogen-bond donors (Lipinski definition) is 0. The maximum absolute atomic E-state index is 13.7. The fraction of sp³-hybridized carbons (Fsp3) is 0.0714. The van der Waals surface area contributed by atoms with Gasteiger partial charge in [0.05, 0.1) is 27.6 Å². The molecule has 0 spiro atoms. The van der Waals surface area contributed by atoms with E-state index in [4.69, 9.17) is 34.8 Å². The Morgan fingerprint density at radius 1 is 1.10 bits per heavy atom. The molecule has 0 aliphatic heterocycles. The number of benzene rings is 2. The van der Waals surface area contributed by atoms with E-state index < -0.39 is 5.82 Å². The smallest absolute Gasteiger partial charge is 0.143 e. The van der Waals surface area contributed by atoms with E-state index in [2.05, 4.69) is 4.98 Å². The van der Waals surface area contributed by atoms with E-state index in [1.54, 1.807) is 22.8 Å². The minimum atomic E-state index is -0.486. The molecule has 0 unspecified atom stereocenters. The first-order chi connectivity index (χ1) is 9.60. The zero-order valence-electron chi connectivity index (χ0n) is 10.1. The summed E-state index contributed by atoms with van der Waals surface area (Å²) in [5.74, 6) is 0.336. The molecule has 2 aromatic carbocycles. The second kappa shape index (κ2) is 5.24. The van der Waals surface area contributed by atoms with Gasteiger partial charge < -0.3 is 0 Å². The Hall–Kier alpha value is -1.29. The van der Waals surface area contributed by atoms with Gasteiger partial charge in [-0.3, -0.25) is 4.57 Å². The van der Waals surface area contributed by atoms with Gasteiger partial charge in [0.25, 0.3) is 0 Å². The van der Waals surface area contributed by atoms with Crippen LogP contribution in [-0.2, 0) is 5.88 Å². The van der Waals surface area contributed by atoms with Crippen LogP contribution in [-0.4, -0.2) is 9.55 Å². The summed E-state index contributed by atoms with van der Waals surface area (Å²) in [6, 6.07) is 9.91. The lowest BCUT2D eigenvalue weighted by atomic mass is 10.2. The molecular weight excluding hydrogens is 322 g/mol. The molecule has 2 nitrogen and oxygen atoms in total. The van der Waals surface area contributed by atoms with Crippen molar-refractivity contribution in [2.45, 2.75) is 5.88 Å². The number of hydrogen-bond acceptors (Lipinski definition) is 1. The van der Waals surface area contributed by atoms with Crippen LogP contribution in [0.5, 0.6) is 0 Å². The molecule has 3 rings (SSSR count). The van der Waals surface area contributed by atoms with Gasteiger partial charge in [0.1, 0.15) is 11.6 Å². The molecule has 102 valence electrons. The fourth-order valence-electron chi connectivity index (χ4n) is 2.11. The number of alkyl halides is 1. The SMILES string of the molecule is Fc1cc(-n2c(CCl)nc3cc(Cl)ccc32)ccc1Cl. The molecule has 6 heteroatoms. The number of fused-ring (bicyclic) bond motifs is 1. The third-order valence-corrected chi connectivity index (χ3v) is 3.75. The van der Waals surface area contributed by atoms with Crippen LogP contribution >= 0.6 is 34.8 Å². The van der Waals surface area contributed by atoms with Crippen LogP contribution in [0.15, 0.2) is 36.4 Å². The first kappa shape index (κ1) is 13.7. The highest BCUT2D eigenvalue weighted by atomic mass is 35.5. The molecule has 0 N–H and O–H groups in total. The molecule has 0 bridgehead atoms. The van der Waals surface area contributed by atoms with Crippen molar-refractivity contribution in [3.05, 3.63) is 58.1 Å². The van der Waals surface area contributed by atoms with E-state index in [0.29, 0.717) is 22.1 Å². The third kappa shape index (κ3) is 2.26. The fourth-order valence-corrected chi connectivity index (χ4v) is 2.57. The monoisotopic (exact) mass is 328 g/mol. The maximum Gasteiger partial charge on any atom is 0.143 e. The van der Waals surface area contributed by atoms with Crippen LogP contribution in [0.2, 0.25) is 10.0 Å². The maximum atomic E-state index is 13.7.